The number of nitrogens with zero attached hydrogens (tertiary/aromatic N) is 2. The predicted octanol–water partition coefficient (Wildman–Crippen LogP) is 4.01. The van der Waals surface area contributed by atoms with E-state index in [9.17, 15) is 18.4 Å². The highest BCUT2D eigenvalue weighted by Crippen LogP contribution is 2.22. The second-order valence-electron chi connectivity index (χ2n) is 5.92. The van der Waals surface area contributed by atoms with E-state index in [2.05, 4.69) is 11.6 Å². The van der Waals surface area contributed by atoms with E-state index >= 15 is 0 Å². The minimum atomic E-state index is -0.829. The van der Waals surface area contributed by atoms with E-state index in [1.165, 1.54) is 16.7 Å². The molecule has 2 heterocycles. The van der Waals surface area contributed by atoms with Crippen molar-refractivity contribution in [3.8, 4) is 0 Å². The lowest BCUT2D eigenvalue weighted by Gasteiger charge is -2.02. The molecule has 0 bridgehead atoms. The Kier molecular flexibility index (Phi) is 4.48. The molecule has 0 radical (unpaired) electrons. The summed E-state index contributed by atoms with van der Waals surface area (Å²) in [4.78, 5) is 28.9. The summed E-state index contributed by atoms with van der Waals surface area (Å²) in [5, 5.41) is 0.573. The number of fused-ring (bicyclic) bond motifs is 2. The molecule has 0 aliphatic rings. The molecule has 5 nitrogen and oxygen atoms in total. The molecule has 140 valence electrons. The van der Waals surface area contributed by atoms with Gasteiger partial charge >= 0.3 is 5.63 Å². The highest BCUT2D eigenvalue weighted by molar-refractivity contribution is 7.16. The number of rotatable bonds is 3. The molecule has 0 N–H and O–H groups in total. The molecule has 0 saturated heterocycles. The van der Waals surface area contributed by atoms with Gasteiger partial charge in [-0.15, -0.1) is 6.58 Å². The third-order valence-electron chi connectivity index (χ3n) is 4.08. The molecular formula is C20H12F2N2O3S. The van der Waals surface area contributed by atoms with Gasteiger partial charge in [0.1, 0.15) is 17.0 Å². The molecule has 4 aromatic rings. The van der Waals surface area contributed by atoms with E-state index in [-0.39, 0.29) is 27.1 Å². The van der Waals surface area contributed by atoms with Crippen LogP contribution in [-0.4, -0.2) is 10.5 Å². The molecule has 0 saturated carbocycles. The number of hydrogen-bond acceptors (Lipinski definition) is 4. The number of halogens is 2. The van der Waals surface area contributed by atoms with Crippen LogP contribution in [0.5, 0.6) is 0 Å². The van der Waals surface area contributed by atoms with Gasteiger partial charge < -0.3 is 8.98 Å². The molecule has 0 atom stereocenters. The summed E-state index contributed by atoms with van der Waals surface area (Å²) in [6, 6.07) is 10.1. The van der Waals surface area contributed by atoms with Crippen molar-refractivity contribution in [3.63, 3.8) is 0 Å². The smallest absolute Gasteiger partial charge is 0.349 e. The zero-order valence-electron chi connectivity index (χ0n) is 14.3. The van der Waals surface area contributed by atoms with Gasteiger partial charge in [-0.25, -0.2) is 13.6 Å². The maximum Gasteiger partial charge on any atom is 0.349 e. The van der Waals surface area contributed by atoms with Crippen LogP contribution in [0.4, 0.5) is 8.78 Å². The summed E-state index contributed by atoms with van der Waals surface area (Å²) in [6.45, 7) is 3.77. The summed E-state index contributed by atoms with van der Waals surface area (Å²) in [6.07, 6.45) is 1.50. The van der Waals surface area contributed by atoms with Crippen LogP contribution in [0.1, 0.15) is 10.4 Å². The maximum absolute atomic E-state index is 14.3. The van der Waals surface area contributed by atoms with Gasteiger partial charge in [0.25, 0.3) is 5.91 Å². The third kappa shape index (κ3) is 3.07. The first kappa shape index (κ1) is 18.0. The fourth-order valence-electron chi connectivity index (χ4n) is 2.87. The van der Waals surface area contributed by atoms with Crippen LogP contribution in [0.3, 0.4) is 0 Å². The number of allylic oxidation sites excluding steroid dienone is 1. The Balaban J connectivity index is 1.92. The molecule has 4 rings (SSSR count). The van der Waals surface area contributed by atoms with Crippen LogP contribution in [0.2, 0.25) is 0 Å². The molecule has 1 amide bonds. The normalized spacial score (nSPS) is 12.0. The van der Waals surface area contributed by atoms with E-state index in [4.69, 9.17) is 4.42 Å². The van der Waals surface area contributed by atoms with Crippen LogP contribution in [0.15, 0.2) is 69.3 Å². The van der Waals surface area contributed by atoms with Crippen molar-refractivity contribution in [2.75, 3.05) is 0 Å². The number of para-hydroxylation sites is 1. The Morgan fingerprint density at radius 2 is 2.04 bits per heavy atom. The van der Waals surface area contributed by atoms with Crippen molar-refractivity contribution in [2.24, 2.45) is 4.99 Å². The number of amides is 1. The zero-order valence-corrected chi connectivity index (χ0v) is 15.1. The Bertz CT molecular complexity index is 1380. The van der Waals surface area contributed by atoms with Gasteiger partial charge in [-0.3, -0.25) is 4.79 Å². The highest BCUT2D eigenvalue weighted by atomic mass is 32.1. The lowest BCUT2D eigenvalue weighted by Crippen LogP contribution is -2.19. The number of benzene rings is 2. The van der Waals surface area contributed by atoms with Crippen molar-refractivity contribution in [1.82, 2.24) is 4.57 Å². The molecule has 0 fully saturated rings. The lowest BCUT2D eigenvalue weighted by atomic mass is 10.2. The van der Waals surface area contributed by atoms with Crippen molar-refractivity contribution in [2.45, 2.75) is 6.54 Å². The largest absolute Gasteiger partial charge is 0.422 e. The molecule has 0 unspecified atom stereocenters. The van der Waals surface area contributed by atoms with Gasteiger partial charge in [-0.1, -0.05) is 35.6 Å². The average Bonchev–Trinajstić information content (AvgIpc) is 2.98. The van der Waals surface area contributed by atoms with E-state index in [1.807, 2.05) is 0 Å². The topological polar surface area (TPSA) is 64.6 Å². The average molecular weight is 398 g/mol. The van der Waals surface area contributed by atoms with Crippen LogP contribution in [0.25, 0.3) is 21.2 Å². The van der Waals surface area contributed by atoms with Crippen LogP contribution < -0.4 is 10.4 Å². The second kappa shape index (κ2) is 6.97. The number of hydrogen-bond donors (Lipinski definition) is 0. The van der Waals surface area contributed by atoms with Gasteiger partial charge in [0.05, 0.1) is 10.2 Å². The Labute approximate surface area is 160 Å². The van der Waals surface area contributed by atoms with Crippen molar-refractivity contribution < 1.29 is 18.0 Å². The number of carbonyl (C=O) groups excluding carboxylic acids is 1. The first-order chi connectivity index (χ1) is 13.5. The fraction of sp³-hybridized carbons (Fsp3) is 0.0500. The summed E-state index contributed by atoms with van der Waals surface area (Å²) in [5.41, 5.74) is -0.595. The van der Waals surface area contributed by atoms with Crippen molar-refractivity contribution in [1.29, 1.82) is 0 Å². The first-order valence-corrected chi connectivity index (χ1v) is 9.01. The minimum Gasteiger partial charge on any atom is -0.422 e. The van der Waals surface area contributed by atoms with Gasteiger partial charge in [0.15, 0.2) is 10.6 Å². The minimum absolute atomic E-state index is 0.114. The summed E-state index contributed by atoms with van der Waals surface area (Å²) in [5.74, 6) is -2.33. The molecule has 2 aromatic carbocycles. The number of aromatic nitrogens is 1. The fourth-order valence-corrected chi connectivity index (χ4v) is 3.95. The lowest BCUT2D eigenvalue weighted by molar-refractivity contribution is 0.0994. The monoisotopic (exact) mass is 398 g/mol. The van der Waals surface area contributed by atoms with Crippen molar-refractivity contribution >= 4 is 38.4 Å². The second-order valence-corrected chi connectivity index (χ2v) is 6.93. The van der Waals surface area contributed by atoms with Crippen LogP contribution >= 0.6 is 11.3 Å². The van der Waals surface area contributed by atoms with E-state index in [0.717, 1.165) is 23.5 Å². The van der Waals surface area contributed by atoms with Crippen LogP contribution in [-0.2, 0) is 6.54 Å². The molecule has 0 spiro atoms. The predicted molar refractivity (Wildman–Crippen MR) is 102 cm³/mol. The van der Waals surface area contributed by atoms with E-state index in [0.29, 0.717) is 11.0 Å². The number of thiazole rings is 1. The molecule has 28 heavy (non-hydrogen) atoms. The molecule has 0 aliphatic heterocycles. The van der Waals surface area contributed by atoms with Gasteiger partial charge in [-0.2, -0.15) is 4.99 Å². The highest BCUT2D eigenvalue weighted by Gasteiger charge is 2.16. The van der Waals surface area contributed by atoms with Crippen LogP contribution in [0, 0.1) is 11.6 Å². The van der Waals surface area contributed by atoms with Crippen molar-refractivity contribution in [3.05, 3.63) is 87.5 Å². The summed E-state index contributed by atoms with van der Waals surface area (Å²) in [7, 11) is 0. The third-order valence-corrected chi connectivity index (χ3v) is 5.10. The Morgan fingerprint density at radius 1 is 1.25 bits per heavy atom. The van der Waals surface area contributed by atoms with E-state index in [1.54, 1.807) is 24.3 Å². The molecule has 0 aliphatic carbocycles. The van der Waals surface area contributed by atoms with E-state index < -0.39 is 23.2 Å². The summed E-state index contributed by atoms with van der Waals surface area (Å²) < 4.78 is 34.7. The maximum atomic E-state index is 14.3. The summed E-state index contributed by atoms with van der Waals surface area (Å²) >= 11 is 0.940. The first-order valence-electron chi connectivity index (χ1n) is 8.19. The van der Waals surface area contributed by atoms with Gasteiger partial charge in [0.2, 0.25) is 0 Å². The standard InChI is InChI=1S/C20H12F2N2O3S/c1-2-7-24-17-14(22)9-12(21)10-16(17)28-20(24)23-18(25)13-8-11-5-3-4-6-15(11)27-19(13)26/h2-6,8-10H,1,7H2. The number of carbonyl (C=O) groups is 1. The molecule has 8 heteroatoms. The quantitative estimate of drug-likeness (QED) is 0.387. The van der Waals surface area contributed by atoms with Gasteiger partial charge in [-0.05, 0) is 18.2 Å². The Hall–Kier alpha value is -3.39. The van der Waals surface area contributed by atoms with Gasteiger partial charge in [0, 0.05) is 18.0 Å². The zero-order chi connectivity index (χ0) is 19.8. The molecule has 2 aromatic heterocycles. The SMILES string of the molecule is C=CCn1c(=NC(=O)c2cc3ccccc3oc2=O)sc2cc(F)cc(F)c21. The Morgan fingerprint density at radius 3 is 2.82 bits per heavy atom. The molecular weight excluding hydrogens is 386 g/mol.